The Kier molecular flexibility index (Phi) is 4.30. The average Bonchev–Trinajstić information content (AvgIpc) is 2.62. The Morgan fingerprint density at radius 2 is 1.88 bits per heavy atom. The van der Waals surface area contributed by atoms with E-state index in [4.69, 9.17) is 17.3 Å². The summed E-state index contributed by atoms with van der Waals surface area (Å²) in [7, 11) is 0. The van der Waals surface area contributed by atoms with E-state index in [0.717, 1.165) is 24.0 Å². The molecule has 0 radical (unpaired) electrons. The van der Waals surface area contributed by atoms with Crippen molar-refractivity contribution in [3.05, 3.63) is 57.8 Å². The molecule has 0 spiro atoms. The van der Waals surface area contributed by atoms with E-state index in [9.17, 15) is 15.8 Å². The molecule has 5 heteroatoms. The zero-order valence-corrected chi connectivity index (χ0v) is 14.6. The number of hydrogen-bond donors (Lipinski definition) is 1. The molecule has 0 unspecified atom stereocenters. The maximum atomic E-state index is 9.79. The van der Waals surface area contributed by atoms with Crippen molar-refractivity contribution >= 4 is 11.6 Å². The molecule has 0 saturated carbocycles. The predicted molar refractivity (Wildman–Crippen MR) is 94.6 cm³/mol. The molecule has 25 heavy (non-hydrogen) atoms. The Labute approximate surface area is 152 Å². The van der Waals surface area contributed by atoms with Gasteiger partial charge in [0.2, 0.25) is 5.41 Å². The minimum absolute atomic E-state index is 0.0435. The summed E-state index contributed by atoms with van der Waals surface area (Å²) in [5.41, 5.74) is 6.54. The van der Waals surface area contributed by atoms with Gasteiger partial charge in [0.1, 0.15) is 0 Å². The maximum Gasteiger partial charge on any atom is 0.204 e. The summed E-state index contributed by atoms with van der Waals surface area (Å²) in [6.07, 6.45) is 3.54. The molecule has 2 aliphatic rings. The van der Waals surface area contributed by atoms with Gasteiger partial charge in [-0.1, -0.05) is 42.8 Å². The van der Waals surface area contributed by atoms with E-state index in [2.05, 4.69) is 25.1 Å². The monoisotopic (exact) mass is 348 g/mol. The van der Waals surface area contributed by atoms with Gasteiger partial charge in [-0.2, -0.15) is 15.8 Å². The zero-order valence-electron chi connectivity index (χ0n) is 13.8. The van der Waals surface area contributed by atoms with Crippen molar-refractivity contribution in [1.82, 2.24) is 0 Å². The summed E-state index contributed by atoms with van der Waals surface area (Å²) >= 11 is 6.41. The molecule has 3 rings (SSSR count). The molecular formula is C20H17ClN4. The van der Waals surface area contributed by atoms with Crippen LogP contribution in [0, 0.1) is 51.2 Å². The summed E-state index contributed by atoms with van der Waals surface area (Å²) in [6, 6.07) is 13.7. The van der Waals surface area contributed by atoms with E-state index >= 15 is 0 Å². The van der Waals surface area contributed by atoms with E-state index in [1.54, 1.807) is 6.07 Å². The molecule has 2 aliphatic carbocycles. The molecule has 124 valence electrons. The van der Waals surface area contributed by atoms with Gasteiger partial charge in [0, 0.05) is 10.9 Å². The SMILES string of the molecule is C[C@@H]1CC=C2[C@H](C1)[C@@H](c1ccccc1Cl)C(C#N)=C(N)C2(C#N)C#N. The molecule has 0 heterocycles. The summed E-state index contributed by atoms with van der Waals surface area (Å²) in [5, 5.41) is 29.9. The Morgan fingerprint density at radius 1 is 1.20 bits per heavy atom. The van der Waals surface area contributed by atoms with Gasteiger partial charge in [-0.25, -0.2) is 0 Å². The third-order valence-corrected chi connectivity index (χ3v) is 5.68. The van der Waals surface area contributed by atoms with Crippen molar-refractivity contribution in [2.75, 3.05) is 0 Å². The molecule has 1 aromatic rings. The molecule has 3 atom stereocenters. The highest BCUT2D eigenvalue weighted by Gasteiger charge is 2.52. The first-order valence-corrected chi connectivity index (χ1v) is 8.55. The number of hydrogen-bond acceptors (Lipinski definition) is 4. The van der Waals surface area contributed by atoms with Crippen molar-refractivity contribution in [3.63, 3.8) is 0 Å². The van der Waals surface area contributed by atoms with Crippen LogP contribution in [0.2, 0.25) is 5.02 Å². The van der Waals surface area contributed by atoms with E-state index in [-0.39, 0.29) is 23.1 Å². The Hall–Kier alpha value is -2.74. The molecular weight excluding hydrogens is 332 g/mol. The zero-order chi connectivity index (χ0) is 18.2. The molecule has 0 fully saturated rings. The number of fused-ring (bicyclic) bond motifs is 1. The number of nitrogens with two attached hydrogens (primary N) is 1. The van der Waals surface area contributed by atoms with E-state index < -0.39 is 5.41 Å². The van der Waals surface area contributed by atoms with Crippen molar-refractivity contribution in [2.24, 2.45) is 23.0 Å². The average molecular weight is 349 g/mol. The molecule has 0 saturated heterocycles. The van der Waals surface area contributed by atoms with Crippen molar-refractivity contribution < 1.29 is 0 Å². The topological polar surface area (TPSA) is 97.4 Å². The quantitative estimate of drug-likeness (QED) is 0.769. The molecule has 0 aromatic heterocycles. The Balaban J connectivity index is 2.35. The van der Waals surface area contributed by atoms with Gasteiger partial charge in [-0.15, -0.1) is 0 Å². The van der Waals surface area contributed by atoms with E-state index in [1.807, 2.05) is 24.3 Å². The number of benzene rings is 1. The minimum atomic E-state index is -1.56. The van der Waals surface area contributed by atoms with Crippen molar-refractivity contribution in [2.45, 2.75) is 25.7 Å². The standard InChI is InChI=1S/C20H17ClN4/c1-12-6-7-16-14(8-12)18(13-4-2-3-5-17(13)21)15(9-22)19(25)20(16,10-23)11-24/h2-5,7,12,14,18H,6,8,25H2,1H3/t12-,14+,18-/m1/s1. The molecule has 0 bridgehead atoms. The molecule has 1 aromatic carbocycles. The Bertz CT molecular complexity index is 893. The fourth-order valence-electron chi connectivity index (χ4n) is 4.11. The fourth-order valence-corrected chi connectivity index (χ4v) is 4.37. The van der Waals surface area contributed by atoms with Crippen LogP contribution in [0.3, 0.4) is 0 Å². The number of halogens is 1. The van der Waals surface area contributed by atoms with E-state index in [1.165, 1.54) is 0 Å². The highest BCUT2D eigenvalue weighted by atomic mass is 35.5. The fraction of sp³-hybridized carbons (Fsp3) is 0.350. The second-order valence-electron chi connectivity index (χ2n) is 6.75. The number of allylic oxidation sites excluding steroid dienone is 3. The lowest BCUT2D eigenvalue weighted by Gasteiger charge is -2.43. The molecule has 0 amide bonds. The van der Waals surface area contributed by atoms with Crippen LogP contribution in [0.4, 0.5) is 0 Å². The second kappa shape index (κ2) is 6.29. The first-order chi connectivity index (χ1) is 12.0. The Morgan fingerprint density at radius 3 is 2.48 bits per heavy atom. The predicted octanol–water partition coefficient (Wildman–Crippen LogP) is 4.18. The number of nitriles is 3. The van der Waals surface area contributed by atoms with Gasteiger partial charge < -0.3 is 5.73 Å². The third kappa shape index (κ3) is 2.41. The molecule has 2 N–H and O–H groups in total. The van der Waals surface area contributed by atoms with Gasteiger partial charge in [0.25, 0.3) is 0 Å². The highest BCUT2D eigenvalue weighted by molar-refractivity contribution is 6.31. The summed E-state index contributed by atoms with van der Waals surface area (Å²) in [4.78, 5) is 0. The first kappa shape index (κ1) is 17.1. The van der Waals surface area contributed by atoms with Crippen LogP contribution in [-0.2, 0) is 0 Å². The number of nitrogens with zero attached hydrogens (tertiary/aromatic N) is 3. The van der Waals surface area contributed by atoms with Crippen LogP contribution in [0.25, 0.3) is 0 Å². The lowest BCUT2D eigenvalue weighted by Crippen LogP contribution is -2.41. The van der Waals surface area contributed by atoms with Gasteiger partial charge in [-0.3, -0.25) is 0 Å². The highest BCUT2D eigenvalue weighted by Crippen LogP contribution is 2.56. The van der Waals surface area contributed by atoms with E-state index in [0.29, 0.717) is 10.9 Å². The molecule has 0 aliphatic heterocycles. The summed E-state index contributed by atoms with van der Waals surface area (Å²) < 4.78 is 0. The van der Waals surface area contributed by atoms with Crippen molar-refractivity contribution in [3.8, 4) is 18.2 Å². The molecule has 4 nitrogen and oxygen atoms in total. The lowest BCUT2D eigenvalue weighted by molar-refractivity contribution is 0.334. The van der Waals surface area contributed by atoms with Gasteiger partial charge in [0.15, 0.2) is 0 Å². The van der Waals surface area contributed by atoms with Crippen LogP contribution in [0.5, 0.6) is 0 Å². The van der Waals surface area contributed by atoms with Gasteiger partial charge >= 0.3 is 0 Å². The first-order valence-electron chi connectivity index (χ1n) is 8.17. The van der Waals surface area contributed by atoms with Crippen LogP contribution in [-0.4, -0.2) is 0 Å². The summed E-state index contributed by atoms with van der Waals surface area (Å²) in [5.74, 6) is -0.0690. The smallest absolute Gasteiger partial charge is 0.204 e. The minimum Gasteiger partial charge on any atom is -0.399 e. The number of rotatable bonds is 1. The van der Waals surface area contributed by atoms with Gasteiger partial charge in [-0.05, 0) is 41.9 Å². The van der Waals surface area contributed by atoms with Crippen LogP contribution in [0.15, 0.2) is 47.2 Å². The van der Waals surface area contributed by atoms with Gasteiger partial charge in [0.05, 0.1) is 29.5 Å². The largest absolute Gasteiger partial charge is 0.399 e. The van der Waals surface area contributed by atoms with Crippen LogP contribution < -0.4 is 5.73 Å². The van der Waals surface area contributed by atoms with Crippen molar-refractivity contribution in [1.29, 1.82) is 15.8 Å². The summed E-state index contributed by atoms with van der Waals surface area (Å²) in [6.45, 7) is 2.13. The van der Waals surface area contributed by atoms with Crippen LogP contribution >= 0.6 is 11.6 Å². The lowest BCUT2D eigenvalue weighted by atomic mass is 9.57. The normalized spacial score (nSPS) is 27.3. The maximum absolute atomic E-state index is 9.79. The second-order valence-corrected chi connectivity index (χ2v) is 7.16. The van der Waals surface area contributed by atoms with Crippen LogP contribution in [0.1, 0.15) is 31.2 Å². The third-order valence-electron chi connectivity index (χ3n) is 5.33.